The van der Waals surface area contributed by atoms with Crippen LogP contribution in [0.15, 0.2) is 70.0 Å². The monoisotopic (exact) mass is 493 g/mol. The third-order valence-electron chi connectivity index (χ3n) is 6.03. The van der Waals surface area contributed by atoms with Gasteiger partial charge in [-0.15, -0.1) is 0 Å². The number of imide groups is 1. The van der Waals surface area contributed by atoms with Crippen LogP contribution in [0.3, 0.4) is 0 Å². The van der Waals surface area contributed by atoms with Gasteiger partial charge in [0, 0.05) is 43.5 Å². The number of piperazine rings is 1. The number of carbonyl (C=O) groups excluding carboxylic acids is 2. The lowest BCUT2D eigenvalue weighted by Crippen LogP contribution is -2.50. The minimum Gasteiger partial charge on any atom is -0.457 e. The number of hydrogen-bond donors (Lipinski definition) is 0. The number of furan rings is 1. The first-order valence-electron chi connectivity index (χ1n) is 11.1. The highest BCUT2D eigenvalue weighted by atomic mass is 35.5. The summed E-state index contributed by atoms with van der Waals surface area (Å²) in [5.74, 6) is 0.835. The minimum atomic E-state index is -0.286. The maximum absolute atomic E-state index is 13.0. The molecule has 2 aromatic carbocycles. The summed E-state index contributed by atoms with van der Waals surface area (Å²) in [4.78, 5) is 31.7. The lowest BCUT2D eigenvalue weighted by molar-refractivity contribution is -0.124. The summed E-state index contributed by atoms with van der Waals surface area (Å²) in [6.45, 7) is 5.66. The molecule has 174 valence electrons. The molecule has 2 aliphatic rings. The Bertz CT molecular complexity index is 1250. The molecule has 1 aromatic heterocycles. The van der Waals surface area contributed by atoms with Crippen molar-refractivity contribution in [2.45, 2.75) is 6.92 Å². The molecule has 0 spiro atoms. The van der Waals surface area contributed by atoms with Crippen molar-refractivity contribution in [3.8, 4) is 11.3 Å². The van der Waals surface area contributed by atoms with E-state index in [1.54, 1.807) is 18.2 Å². The number of hydrogen-bond acceptors (Lipinski definition) is 6. The van der Waals surface area contributed by atoms with E-state index in [2.05, 4.69) is 41.0 Å². The lowest BCUT2D eigenvalue weighted by atomic mass is 10.2. The number of carbonyl (C=O) groups is 2. The van der Waals surface area contributed by atoms with Crippen LogP contribution in [0.1, 0.15) is 11.3 Å². The Morgan fingerprint density at radius 1 is 0.971 bits per heavy atom. The summed E-state index contributed by atoms with van der Waals surface area (Å²) in [6, 6.07) is 19.5. The topological polar surface area (TPSA) is 57.0 Å². The molecule has 0 unspecified atom stereocenters. The zero-order chi connectivity index (χ0) is 23.7. The van der Waals surface area contributed by atoms with Crippen molar-refractivity contribution in [2.24, 2.45) is 0 Å². The third-order valence-corrected chi connectivity index (χ3v) is 7.26. The Labute approximate surface area is 207 Å². The van der Waals surface area contributed by atoms with Crippen molar-refractivity contribution in [2.75, 3.05) is 37.7 Å². The number of benzene rings is 2. The normalized spacial score (nSPS) is 18.4. The molecule has 0 aliphatic carbocycles. The van der Waals surface area contributed by atoms with Crippen molar-refractivity contribution in [3.05, 3.63) is 81.9 Å². The molecule has 8 heteroatoms. The Balaban J connectivity index is 1.22. The van der Waals surface area contributed by atoms with Gasteiger partial charge >= 0.3 is 0 Å². The van der Waals surface area contributed by atoms with Gasteiger partial charge in [-0.1, -0.05) is 41.4 Å². The second-order valence-electron chi connectivity index (χ2n) is 8.37. The fourth-order valence-electron chi connectivity index (χ4n) is 4.09. The van der Waals surface area contributed by atoms with Crippen molar-refractivity contribution < 1.29 is 14.0 Å². The van der Waals surface area contributed by atoms with E-state index in [0.717, 1.165) is 43.5 Å². The van der Waals surface area contributed by atoms with Gasteiger partial charge < -0.3 is 9.32 Å². The van der Waals surface area contributed by atoms with Crippen molar-refractivity contribution in [1.82, 2.24) is 9.80 Å². The van der Waals surface area contributed by atoms with E-state index in [9.17, 15) is 9.59 Å². The van der Waals surface area contributed by atoms with Gasteiger partial charge in [-0.05, 0) is 55.1 Å². The predicted molar refractivity (Wildman–Crippen MR) is 137 cm³/mol. The number of thioether (sulfide) groups is 1. The molecule has 34 heavy (non-hydrogen) atoms. The van der Waals surface area contributed by atoms with E-state index in [-0.39, 0.29) is 11.1 Å². The van der Waals surface area contributed by atoms with Gasteiger partial charge in [0.15, 0.2) is 0 Å². The molecular weight excluding hydrogens is 470 g/mol. The summed E-state index contributed by atoms with van der Waals surface area (Å²) in [7, 11) is 0. The van der Waals surface area contributed by atoms with Gasteiger partial charge in [0.2, 0.25) is 0 Å². The second-order valence-corrected chi connectivity index (χ2v) is 9.77. The van der Waals surface area contributed by atoms with Crippen LogP contribution in [0.25, 0.3) is 17.4 Å². The molecule has 0 N–H and O–H groups in total. The molecule has 3 aromatic rings. The minimum absolute atomic E-state index is 0.255. The summed E-state index contributed by atoms with van der Waals surface area (Å²) < 4.78 is 5.87. The van der Waals surface area contributed by atoms with E-state index >= 15 is 0 Å². The first kappa shape index (κ1) is 22.8. The highest BCUT2D eigenvalue weighted by molar-refractivity contribution is 8.18. The average Bonchev–Trinajstić information content (AvgIpc) is 3.40. The van der Waals surface area contributed by atoms with E-state index < -0.39 is 0 Å². The van der Waals surface area contributed by atoms with E-state index in [1.807, 2.05) is 24.3 Å². The van der Waals surface area contributed by atoms with Crippen LogP contribution < -0.4 is 4.90 Å². The van der Waals surface area contributed by atoms with Gasteiger partial charge in [0.25, 0.3) is 11.1 Å². The fraction of sp³-hybridized carbons (Fsp3) is 0.231. The lowest BCUT2D eigenvalue weighted by Gasteiger charge is -2.37. The SMILES string of the molecule is Cc1ccc(N2CCN(CN3C(=O)S/C(=C/c4ccc(-c5ccccc5Cl)o4)C3=O)CC2)cc1. The van der Waals surface area contributed by atoms with Crippen LogP contribution in [0.4, 0.5) is 10.5 Å². The van der Waals surface area contributed by atoms with Gasteiger partial charge in [-0.2, -0.15) is 0 Å². The summed E-state index contributed by atoms with van der Waals surface area (Å²) >= 11 is 7.20. The molecule has 0 bridgehead atoms. The first-order chi connectivity index (χ1) is 16.5. The van der Waals surface area contributed by atoms with Crippen LogP contribution in [-0.4, -0.2) is 53.8 Å². The fourth-order valence-corrected chi connectivity index (χ4v) is 5.13. The van der Waals surface area contributed by atoms with Gasteiger partial charge in [0.1, 0.15) is 11.5 Å². The van der Waals surface area contributed by atoms with Gasteiger partial charge in [0.05, 0.1) is 16.6 Å². The van der Waals surface area contributed by atoms with E-state index in [4.69, 9.17) is 16.0 Å². The Morgan fingerprint density at radius 2 is 1.71 bits per heavy atom. The standard InChI is InChI=1S/C26H24ClN3O3S/c1-18-6-8-19(9-7-18)29-14-12-28(13-15-29)17-30-25(31)24(34-26(30)32)16-20-10-11-23(33-20)21-4-2-3-5-22(21)27/h2-11,16H,12-15,17H2,1H3/b24-16+. The van der Waals surface area contributed by atoms with Crippen LogP contribution in [0.5, 0.6) is 0 Å². The van der Waals surface area contributed by atoms with Crippen molar-refractivity contribution >= 4 is 46.3 Å². The number of nitrogens with zero attached hydrogens (tertiary/aromatic N) is 3. The number of halogens is 1. The number of aryl methyl sites for hydroxylation is 1. The van der Waals surface area contributed by atoms with Crippen LogP contribution in [0.2, 0.25) is 5.02 Å². The van der Waals surface area contributed by atoms with Crippen LogP contribution in [0, 0.1) is 6.92 Å². The highest BCUT2D eigenvalue weighted by Crippen LogP contribution is 2.34. The quantitative estimate of drug-likeness (QED) is 0.423. The summed E-state index contributed by atoms with van der Waals surface area (Å²) in [5, 5.41) is 0.335. The largest absolute Gasteiger partial charge is 0.457 e. The molecule has 6 nitrogen and oxygen atoms in total. The Morgan fingerprint density at radius 3 is 2.44 bits per heavy atom. The molecular formula is C26H24ClN3O3S. The van der Waals surface area contributed by atoms with Crippen molar-refractivity contribution in [3.63, 3.8) is 0 Å². The number of anilines is 1. The van der Waals surface area contributed by atoms with Crippen LogP contribution in [-0.2, 0) is 4.79 Å². The second kappa shape index (κ2) is 9.70. The smallest absolute Gasteiger partial charge is 0.294 e. The summed E-state index contributed by atoms with van der Waals surface area (Å²) in [5.41, 5.74) is 3.22. The molecule has 0 radical (unpaired) electrons. The first-order valence-corrected chi connectivity index (χ1v) is 12.3. The molecule has 2 saturated heterocycles. The van der Waals surface area contributed by atoms with Gasteiger partial charge in [-0.3, -0.25) is 19.4 Å². The summed E-state index contributed by atoms with van der Waals surface area (Å²) in [6.07, 6.45) is 1.63. The molecule has 3 heterocycles. The molecule has 2 amide bonds. The zero-order valence-corrected chi connectivity index (χ0v) is 20.3. The van der Waals surface area contributed by atoms with Gasteiger partial charge in [-0.25, -0.2) is 0 Å². The molecule has 2 fully saturated rings. The highest BCUT2D eigenvalue weighted by Gasteiger charge is 2.36. The molecule has 0 atom stereocenters. The third kappa shape index (κ3) is 4.78. The van der Waals surface area contributed by atoms with E-state index in [1.165, 1.54) is 16.2 Å². The average molecular weight is 494 g/mol. The zero-order valence-electron chi connectivity index (χ0n) is 18.7. The maximum atomic E-state index is 13.0. The molecule has 2 aliphatic heterocycles. The van der Waals surface area contributed by atoms with Crippen LogP contribution >= 0.6 is 23.4 Å². The molecule has 0 saturated carbocycles. The van der Waals surface area contributed by atoms with Crippen molar-refractivity contribution in [1.29, 1.82) is 0 Å². The predicted octanol–water partition coefficient (Wildman–Crippen LogP) is 5.72. The number of rotatable bonds is 5. The Kier molecular flexibility index (Phi) is 6.50. The Hall–Kier alpha value is -3.00. The number of amides is 2. The maximum Gasteiger partial charge on any atom is 0.294 e. The molecule has 5 rings (SSSR count). The van der Waals surface area contributed by atoms with E-state index in [0.29, 0.717) is 28.1 Å².